The smallest absolute Gasteiger partial charge is 0.224 e. The molecule has 3 nitrogen and oxygen atoms in total. The van der Waals surface area contributed by atoms with Gasteiger partial charge in [-0.3, -0.25) is 4.79 Å². The van der Waals surface area contributed by atoms with Crippen molar-refractivity contribution >= 4 is 17.3 Å². The van der Waals surface area contributed by atoms with Crippen molar-refractivity contribution in [3.05, 3.63) is 47.5 Å². The summed E-state index contributed by atoms with van der Waals surface area (Å²) < 4.78 is 0. The van der Waals surface area contributed by atoms with Crippen molar-refractivity contribution in [2.45, 2.75) is 33.6 Å². The lowest BCUT2D eigenvalue weighted by molar-refractivity contribution is -0.255. The molecule has 0 atom stereocenters. The average molecular weight is 283 g/mol. The van der Waals surface area contributed by atoms with E-state index in [9.17, 15) is 4.79 Å². The van der Waals surface area contributed by atoms with Crippen molar-refractivity contribution in [1.29, 1.82) is 0 Å². The van der Waals surface area contributed by atoms with Crippen LogP contribution in [0.15, 0.2) is 36.4 Å². The topological polar surface area (TPSA) is 56.7 Å². The van der Waals surface area contributed by atoms with Gasteiger partial charge in [0.05, 0.1) is 0 Å². The van der Waals surface area contributed by atoms with Crippen molar-refractivity contribution in [2.24, 2.45) is 0 Å². The molecule has 0 spiro atoms. The second-order valence-corrected chi connectivity index (χ2v) is 5.47. The Kier molecular flexibility index (Phi) is 4.76. The molecular weight excluding hydrogens is 260 g/mol. The number of hydrogen-bond acceptors (Lipinski definition) is 1. The molecule has 21 heavy (non-hydrogen) atoms. The molecule has 0 aliphatic rings. The van der Waals surface area contributed by atoms with Crippen LogP contribution in [-0.2, 0) is 4.79 Å². The summed E-state index contributed by atoms with van der Waals surface area (Å²) in [6.45, 7) is 6.09. The predicted molar refractivity (Wildman–Crippen MR) is 87.4 cm³/mol. The second-order valence-electron chi connectivity index (χ2n) is 5.47. The highest BCUT2D eigenvalue weighted by Crippen LogP contribution is 2.27. The predicted octanol–water partition coefficient (Wildman–Crippen LogP) is 3.58. The maximum Gasteiger partial charge on any atom is 0.224 e. The van der Waals surface area contributed by atoms with E-state index in [1.807, 2.05) is 32.0 Å². The minimum atomic E-state index is 0.0746. The number of anilines is 1. The first-order valence-electron chi connectivity index (χ1n) is 7.34. The standard InChI is InChI=1S/C18H22N2O/c1-4-5-18(21)20-17-9-7-15(11-13(17)3)14-6-8-16(19)12(2)10-14/h6-11H,4-5,19H2,1-3H3,(H,20,21)/p+1. The Balaban J connectivity index is 2.26. The summed E-state index contributed by atoms with van der Waals surface area (Å²) in [5, 5.41) is 2.96. The molecule has 0 radical (unpaired) electrons. The second kappa shape index (κ2) is 6.55. The van der Waals surface area contributed by atoms with Gasteiger partial charge in [0.1, 0.15) is 5.69 Å². The van der Waals surface area contributed by atoms with Crippen molar-refractivity contribution < 1.29 is 10.5 Å². The van der Waals surface area contributed by atoms with E-state index in [1.54, 1.807) is 0 Å². The minimum Gasteiger partial charge on any atom is -0.326 e. The van der Waals surface area contributed by atoms with E-state index >= 15 is 0 Å². The van der Waals surface area contributed by atoms with Crippen molar-refractivity contribution in [3.63, 3.8) is 0 Å². The Morgan fingerprint density at radius 1 is 1.05 bits per heavy atom. The molecule has 0 heterocycles. The third kappa shape index (κ3) is 3.70. The van der Waals surface area contributed by atoms with Crippen molar-refractivity contribution in [1.82, 2.24) is 0 Å². The van der Waals surface area contributed by atoms with E-state index in [2.05, 4.69) is 36.2 Å². The number of quaternary nitrogens is 1. The van der Waals surface area contributed by atoms with Gasteiger partial charge in [-0.25, -0.2) is 0 Å². The number of carbonyl (C=O) groups is 1. The molecule has 0 fully saturated rings. The Hall–Kier alpha value is -2.13. The minimum absolute atomic E-state index is 0.0746. The normalized spacial score (nSPS) is 10.5. The molecule has 2 aromatic carbocycles. The third-order valence-corrected chi connectivity index (χ3v) is 3.65. The van der Waals surface area contributed by atoms with Gasteiger partial charge in [-0.15, -0.1) is 0 Å². The fraction of sp³-hybridized carbons (Fsp3) is 0.278. The van der Waals surface area contributed by atoms with Crippen LogP contribution in [0.2, 0.25) is 0 Å². The Morgan fingerprint density at radius 3 is 2.24 bits per heavy atom. The molecule has 0 bridgehead atoms. The molecule has 2 rings (SSSR count). The van der Waals surface area contributed by atoms with Crippen LogP contribution in [-0.4, -0.2) is 5.91 Å². The molecule has 0 unspecified atom stereocenters. The van der Waals surface area contributed by atoms with Gasteiger partial charge in [-0.1, -0.05) is 13.0 Å². The summed E-state index contributed by atoms with van der Waals surface area (Å²) in [5.74, 6) is 0.0746. The lowest BCUT2D eigenvalue weighted by Crippen LogP contribution is -2.40. The Bertz CT molecular complexity index is 662. The number of aryl methyl sites for hydroxylation is 2. The maximum atomic E-state index is 11.7. The monoisotopic (exact) mass is 283 g/mol. The summed E-state index contributed by atoms with van der Waals surface area (Å²) in [5.41, 5.74) is 10.5. The maximum absolute atomic E-state index is 11.7. The van der Waals surface area contributed by atoms with Gasteiger partial charge in [0.25, 0.3) is 0 Å². The highest BCUT2D eigenvalue weighted by atomic mass is 16.1. The number of benzene rings is 2. The molecule has 3 heteroatoms. The zero-order chi connectivity index (χ0) is 15.4. The number of amides is 1. The van der Waals surface area contributed by atoms with Gasteiger partial charge >= 0.3 is 0 Å². The highest BCUT2D eigenvalue weighted by molar-refractivity contribution is 5.91. The number of rotatable bonds is 4. The third-order valence-electron chi connectivity index (χ3n) is 3.65. The quantitative estimate of drug-likeness (QED) is 0.885. The van der Waals surface area contributed by atoms with Crippen LogP contribution in [0.4, 0.5) is 11.4 Å². The van der Waals surface area contributed by atoms with Gasteiger partial charge in [-0.05, 0) is 67.3 Å². The van der Waals surface area contributed by atoms with Gasteiger partial charge in [0, 0.05) is 17.7 Å². The van der Waals surface area contributed by atoms with Crippen LogP contribution in [0.3, 0.4) is 0 Å². The molecule has 0 aliphatic heterocycles. The van der Waals surface area contributed by atoms with Crippen molar-refractivity contribution in [3.8, 4) is 11.1 Å². The molecule has 2 aromatic rings. The SMILES string of the molecule is CCCC(=O)Nc1ccc(-c2ccc([NH3+])c(C)c2)cc1C. The highest BCUT2D eigenvalue weighted by Gasteiger charge is 2.07. The Labute approximate surface area is 126 Å². The van der Waals surface area contributed by atoms with Crippen LogP contribution < -0.4 is 11.1 Å². The zero-order valence-electron chi connectivity index (χ0n) is 13.0. The molecule has 1 amide bonds. The van der Waals surface area contributed by atoms with E-state index in [0.29, 0.717) is 6.42 Å². The molecule has 110 valence electrons. The van der Waals surface area contributed by atoms with E-state index in [0.717, 1.165) is 28.9 Å². The summed E-state index contributed by atoms with van der Waals surface area (Å²) in [6, 6.07) is 12.4. The first-order valence-corrected chi connectivity index (χ1v) is 7.34. The zero-order valence-corrected chi connectivity index (χ0v) is 13.0. The van der Waals surface area contributed by atoms with Gasteiger partial charge in [-0.2, -0.15) is 0 Å². The molecule has 4 N–H and O–H groups in total. The van der Waals surface area contributed by atoms with E-state index in [1.165, 1.54) is 11.1 Å². The first-order chi connectivity index (χ1) is 10.0. The van der Waals surface area contributed by atoms with Crippen LogP contribution in [0.5, 0.6) is 0 Å². The van der Waals surface area contributed by atoms with Crippen LogP contribution in [0.25, 0.3) is 11.1 Å². The van der Waals surface area contributed by atoms with Gasteiger partial charge in [0.15, 0.2) is 0 Å². The molecule has 0 saturated carbocycles. The summed E-state index contributed by atoms with van der Waals surface area (Å²) >= 11 is 0. The molecule has 0 aliphatic carbocycles. The van der Waals surface area contributed by atoms with E-state index in [-0.39, 0.29) is 5.91 Å². The van der Waals surface area contributed by atoms with E-state index < -0.39 is 0 Å². The van der Waals surface area contributed by atoms with Crippen LogP contribution in [0.1, 0.15) is 30.9 Å². The molecular formula is C18H23N2O+. The van der Waals surface area contributed by atoms with Crippen LogP contribution in [0, 0.1) is 13.8 Å². The lowest BCUT2D eigenvalue weighted by Gasteiger charge is -2.11. The van der Waals surface area contributed by atoms with Gasteiger partial charge < -0.3 is 11.1 Å². The number of hydrogen-bond donors (Lipinski definition) is 2. The fourth-order valence-electron chi connectivity index (χ4n) is 2.30. The number of nitrogens with one attached hydrogen (secondary N) is 1. The van der Waals surface area contributed by atoms with Gasteiger partial charge in [0.2, 0.25) is 5.91 Å². The summed E-state index contributed by atoms with van der Waals surface area (Å²) in [7, 11) is 0. The van der Waals surface area contributed by atoms with Crippen LogP contribution >= 0.6 is 0 Å². The average Bonchev–Trinajstić information content (AvgIpc) is 2.44. The van der Waals surface area contributed by atoms with Crippen molar-refractivity contribution in [2.75, 3.05) is 5.32 Å². The summed E-state index contributed by atoms with van der Waals surface area (Å²) in [4.78, 5) is 11.7. The molecule has 0 aromatic heterocycles. The Morgan fingerprint density at radius 2 is 1.67 bits per heavy atom. The summed E-state index contributed by atoms with van der Waals surface area (Å²) in [6.07, 6.45) is 1.42. The largest absolute Gasteiger partial charge is 0.326 e. The van der Waals surface area contributed by atoms with E-state index in [4.69, 9.17) is 0 Å². The fourth-order valence-corrected chi connectivity index (χ4v) is 2.30. The first kappa shape index (κ1) is 15.3. The lowest BCUT2D eigenvalue weighted by atomic mass is 10.00. The number of carbonyl (C=O) groups excluding carboxylic acids is 1. The molecule has 0 saturated heterocycles.